The van der Waals surface area contributed by atoms with Crippen molar-refractivity contribution in [2.24, 2.45) is 5.73 Å². The second-order valence-electron chi connectivity index (χ2n) is 9.45. The number of nitrogens with zero attached hydrogens (tertiary/aromatic N) is 3. The molecule has 0 aliphatic heterocycles. The Morgan fingerprint density at radius 2 is 1.56 bits per heavy atom. The highest BCUT2D eigenvalue weighted by Gasteiger charge is 2.12. The van der Waals surface area contributed by atoms with Gasteiger partial charge >= 0.3 is 0 Å². The maximum Gasteiger partial charge on any atom is 0.233 e. The Hall–Kier alpha value is -4.20. The Balaban J connectivity index is 1.57. The molecule has 0 saturated heterocycles. The minimum Gasteiger partial charge on any atom is -0.493 e. The van der Waals surface area contributed by atoms with Gasteiger partial charge in [0.2, 0.25) is 23.8 Å². The van der Waals surface area contributed by atoms with Crippen LogP contribution in [0.15, 0.2) is 42.5 Å². The average Bonchev–Trinajstić information content (AvgIpc) is 3.02. The van der Waals surface area contributed by atoms with Gasteiger partial charge in [0.25, 0.3) is 0 Å². The fourth-order valence-corrected chi connectivity index (χ4v) is 3.98. The first kappa shape index (κ1) is 33.3. The van der Waals surface area contributed by atoms with Crippen LogP contribution in [-0.4, -0.2) is 81.1 Å². The summed E-state index contributed by atoms with van der Waals surface area (Å²) in [5.41, 5.74) is 7.93. The summed E-state index contributed by atoms with van der Waals surface area (Å²) in [5.74, 6) is 2.47. The van der Waals surface area contributed by atoms with Gasteiger partial charge in [0.15, 0.2) is 11.5 Å². The van der Waals surface area contributed by atoms with Crippen molar-refractivity contribution in [2.45, 2.75) is 32.7 Å². The van der Waals surface area contributed by atoms with Crippen LogP contribution in [0.4, 0.5) is 23.5 Å². The molecule has 1 amide bonds. The van der Waals surface area contributed by atoms with Crippen molar-refractivity contribution in [3.63, 3.8) is 0 Å². The van der Waals surface area contributed by atoms with Crippen LogP contribution in [0.2, 0.25) is 0 Å². The van der Waals surface area contributed by atoms with Gasteiger partial charge in [-0.1, -0.05) is 37.6 Å². The number of hydrogen-bond donors (Lipinski definition) is 5. The summed E-state index contributed by atoms with van der Waals surface area (Å²) in [6.07, 6.45) is 2.30. The first-order valence-corrected chi connectivity index (χ1v) is 14.5. The zero-order valence-electron chi connectivity index (χ0n) is 25.3. The van der Waals surface area contributed by atoms with Crippen LogP contribution >= 0.6 is 0 Å². The predicted molar refractivity (Wildman–Crippen MR) is 167 cm³/mol. The van der Waals surface area contributed by atoms with E-state index in [1.165, 1.54) is 0 Å². The molecule has 0 radical (unpaired) electrons. The highest BCUT2D eigenvalue weighted by Crippen LogP contribution is 2.31. The molecule has 0 unspecified atom stereocenters. The van der Waals surface area contributed by atoms with Crippen molar-refractivity contribution in [2.75, 3.05) is 76.2 Å². The Bertz CT molecular complexity index is 1250. The van der Waals surface area contributed by atoms with Crippen molar-refractivity contribution >= 4 is 29.4 Å². The van der Waals surface area contributed by atoms with E-state index >= 15 is 0 Å². The van der Waals surface area contributed by atoms with Crippen LogP contribution in [0.5, 0.6) is 11.5 Å². The predicted octanol–water partition coefficient (Wildman–Crippen LogP) is 3.11. The third-order valence-corrected chi connectivity index (χ3v) is 6.15. The maximum absolute atomic E-state index is 12.3. The number of para-hydroxylation sites is 1. The molecule has 6 N–H and O–H groups in total. The molecule has 43 heavy (non-hydrogen) atoms. The number of nitrogens with one attached hydrogen (secondary N) is 4. The number of nitrogens with two attached hydrogens (primary N) is 1. The fourth-order valence-electron chi connectivity index (χ4n) is 3.98. The van der Waals surface area contributed by atoms with E-state index in [-0.39, 0.29) is 12.3 Å². The number of hydrogen-bond acceptors (Lipinski definition) is 12. The van der Waals surface area contributed by atoms with Gasteiger partial charge in [-0.25, -0.2) is 0 Å². The molecule has 1 aromatic heterocycles. The van der Waals surface area contributed by atoms with Crippen LogP contribution in [0.25, 0.3) is 0 Å². The molecule has 3 aromatic rings. The first-order valence-electron chi connectivity index (χ1n) is 14.5. The van der Waals surface area contributed by atoms with E-state index < -0.39 is 0 Å². The van der Waals surface area contributed by atoms with Crippen molar-refractivity contribution in [1.29, 1.82) is 0 Å². The molecule has 0 bridgehead atoms. The molecule has 2 aromatic carbocycles. The number of ether oxygens (including phenoxy) is 4. The lowest BCUT2D eigenvalue weighted by Gasteiger charge is -2.14. The second-order valence-corrected chi connectivity index (χ2v) is 9.45. The van der Waals surface area contributed by atoms with Crippen LogP contribution in [0.3, 0.4) is 0 Å². The summed E-state index contributed by atoms with van der Waals surface area (Å²) in [4.78, 5) is 26.0. The topological polar surface area (TPSA) is 167 Å². The molecule has 13 heteroatoms. The average molecular weight is 597 g/mol. The number of methoxy groups -OCH3 is 2. The summed E-state index contributed by atoms with van der Waals surface area (Å²) in [6, 6.07) is 13.3. The number of carbonyl (C=O) groups is 1. The summed E-state index contributed by atoms with van der Waals surface area (Å²) >= 11 is 0. The number of benzene rings is 2. The molecule has 0 atom stereocenters. The number of amides is 1. The maximum atomic E-state index is 12.3. The Morgan fingerprint density at radius 1 is 0.837 bits per heavy atom. The van der Waals surface area contributed by atoms with Gasteiger partial charge in [-0.3, -0.25) is 4.79 Å². The number of rotatable bonds is 21. The first-order chi connectivity index (χ1) is 21.1. The molecule has 0 aliphatic rings. The summed E-state index contributed by atoms with van der Waals surface area (Å²) < 4.78 is 21.6. The zero-order chi connectivity index (χ0) is 30.7. The van der Waals surface area contributed by atoms with Gasteiger partial charge in [0.1, 0.15) is 0 Å². The number of carbonyl (C=O) groups excluding carboxylic acids is 1. The van der Waals surface area contributed by atoms with Gasteiger partial charge < -0.3 is 45.9 Å². The van der Waals surface area contributed by atoms with E-state index in [0.29, 0.717) is 75.4 Å². The van der Waals surface area contributed by atoms with Gasteiger partial charge in [-0.05, 0) is 30.2 Å². The van der Waals surface area contributed by atoms with Crippen LogP contribution < -0.4 is 36.5 Å². The smallest absolute Gasteiger partial charge is 0.233 e. The Morgan fingerprint density at radius 3 is 2.26 bits per heavy atom. The van der Waals surface area contributed by atoms with Crippen molar-refractivity contribution < 1.29 is 23.7 Å². The third kappa shape index (κ3) is 11.9. The number of aromatic nitrogens is 3. The number of anilines is 4. The van der Waals surface area contributed by atoms with Gasteiger partial charge in [-0.2, -0.15) is 15.0 Å². The third-order valence-electron chi connectivity index (χ3n) is 6.15. The minimum atomic E-state index is -0.0765. The van der Waals surface area contributed by atoms with Crippen molar-refractivity contribution in [3.05, 3.63) is 53.6 Å². The lowest BCUT2D eigenvalue weighted by Crippen LogP contribution is -2.29. The molecule has 0 aliphatic carbocycles. The molecule has 0 fully saturated rings. The van der Waals surface area contributed by atoms with Gasteiger partial charge in [-0.15, -0.1) is 0 Å². The normalized spacial score (nSPS) is 10.7. The summed E-state index contributed by atoms with van der Waals surface area (Å²) in [6.45, 7) is 6.11. The molecular formula is C30H44N8O5. The molecule has 234 valence electrons. The van der Waals surface area contributed by atoms with Crippen LogP contribution in [0.1, 0.15) is 30.9 Å². The highest BCUT2D eigenvalue weighted by molar-refractivity contribution is 5.78. The molecule has 13 nitrogen and oxygen atoms in total. The molecule has 3 rings (SSSR count). The van der Waals surface area contributed by atoms with E-state index in [1.54, 1.807) is 14.2 Å². The SMILES string of the molecule is CCCCNc1nc(NCc2cccc(OC)c2OC)nc(Nc2ccc(CC(=O)NCCOCCOCCN)cc2)n1. The van der Waals surface area contributed by atoms with Crippen LogP contribution in [-0.2, 0) is 27.2 Å². The van der Waals surface area contributed by atoms with Gasteiger partial charge in [0, 0.05) is 37.4 Å². The molecule has 1 heterocycles. The Labute approximate surface area is 253 Å². The lowest BCUT2D eigenvalue weighted by atomic mass is 10.1. The van der Waals surface area contributed by atoms with E-state index in [0.717, 1.165) is 36.2 Å². The van der Waals surface area contributed by atoms with Crippen molar-refractivity contribution in [3.8, 4) is 11.5 Å². The quantitative estimate of drug-likeness (QED) is 0.114. The fraction of sp³-hybridized carbons (Fsp3) is 0.467. The lowest BCUT2D eigenvalue weighted by molar-refractivity contribution is -0.120. The van der Waals surface area contributed by atoms with E-state index in [4.69, 9.17) is 24.7 Å². The van der Waals surface area contributed by atoms with Crippen LogP contribution in [0, 0.1) is 0 Å². The zero-order valence-corrected chi connectivity index (χ0v) is 25.3. The number of unbranched alkanes of at least 4 members (excludes halogenated alkanes) is 1. The standard InChI is InChI=1S/C30H44N8O5/c1-4-5-14-33-28-36-29(34-21-23-7-6-8-25(40-2)27(23)41-3)38-30(37-28)35-24-11-9-22(10-12-24)20-26(39)32-15-17-43-19-18-42-16-13-31/h6-12H,4-5,13-21,31H2,1-3H3,(H,32,39)(H3,33,34,35,36,37,38). The largest absolute Gasteiger partial charge is 0.493 e. The second kappa shape index (κ2) is 19.1. The van der Waals surface area contributed by atoms with E-state index in [9.17, 15) is 4.79 Å². The Kier molecular flexibility index (Phi) is 14.8. The molecular weight excluding hydrogens is 552 g/mol. The monoisotopic (exact) mass is 596 g/mol. The van der Waals surface area contributed by atoms with Gasteiger partial charge in [0.05, 0.1) is 47.1 Å². The van der Waals surface area contributed by atoms with E-state index in [1.807, 2.05) is 42.5 Å². The van der Waals surface area contributed by atoms with Crippen molar-refractivity contribution in [1.82, 2.24) is 20.3 Å². The summed E-state index contributed by atoms with van der Waals surface area (Å²) in [7, 11) is 3.22. The minimum absolute atomic E-state index is 0.0765. The van der Waals surface area contributed by atoms with E-state index in [2.05, 4.69) is 43.1 Å². The summed E-state index contributed by atoms with van der Waals surface area (Å²) in [5, 5.41) is 12.6. The molecule has 0 saturated carbocycles. The molecule has 0 spiro atoms. The highest BCUT2D eigenvalue weighted by atomic mass is 16.5.